The minimum Gasteiger partial charge on any atom is -0.316 e. The lowest BCUT2D eigenvalue weighted by molar-refractivity contribution is 0.446. The third-order valence-corrected chi connectivity index (χ3v) is 3.34. The Hall–Kier alpha value is -2.08. The van der Waals surface area contributed by atoms with Gasteiger partial charge in [0, 0.05) is 36.6 Å². The monoisotopic (exact) mass is 270 g/mol. The van der Waals surface area contributed by atoms with E-state index in [4.69, 9.17) is 0 Å². The zero-order valence-electron chi connectivity index (χ0n) is 11.5. The van der Waals surface area contributed by atoms with Crippen molar-refractivity contribution in [2.75, 3.05) is 18.4 Å². The molecule has 0 radical (unpaired) electrons. The first kappa shape index (κ1) is 12.9. The highest BCUT2D eigenvalue weighted by atomic mass is 15.1. The Morgan fingerprint density at radius 3 is 2.85 bits per heavy atom. The minimum atomic E-state index is 0.390. The fourth-order valence-electron chi connectivity index (χ4n) is 2.39. The van der Waals surface area contributed by atoms with Crippen LogP contribution in [0.5, 0.6) is 0 Å². The molecule has 1 saturated heterocycles. The van der Waals surface area contributed by atoms with E-state index in [2.05, 4.69) is 30.6 Å². The summed E-state index contributed by atoms with van der Waals surface area (Å²) in [6.07, 6.45) is 5.72. The molecule has 20 heavy (non-hydrogen) atoms. The summed E-state index contributed by atoms with van der Waals surface area (Å²) >= 11 is 0. The van der Waals surface area contributed by atoms with Gasteiger partial charge in [0.05, 0.1) is 0 Å². The summed E-state index contributed by atoms with van der Waals surface area (Å²) < 4.78 is 0. The van der Waals surface area contributed by atoms with Crippen LogP contribution in [-0.4, -0.2) is 33.0 Å². The predicted molar refractivity (Wildman–Crippen MR) is 76.9 cm³/mol. The van der Waals surface area contributed by atoms with Crippen LogP contribution in [0, 0.1) is 6.92 Å². The van der Waals surface area contributed by atoms with Crippen molar-refractivity contribution < 1.29 is 0 Å². The molecule has 1 unspecified atom stereocenters. The maximum atomic E-state index is 4.61. The first-order valence-electron chi connectivity index (χ1n) is 6.91. The Kier molecular flexibility index (Phi) is 3.83. The number of hydrogen-bond acceptors (Lipinski definition) is 6. The van der Waals surface area contributed by atoms with Crippen molar-refractivity contribution in [1.29, 1.82) is 0 Å². The minimum absolute atomic E-state index is 0.390. The van der Waals surface area contributed by atoms with Gasteiger partial charge in [-0.2, -0.15) is 0 Å². The Bertz CT molecular complexity index is 565. The van der Waals surface area contributed by atoms with E-state index in [1.807, 2.05) is 13.0 Å². The summed E-state index contributed by atoms with van der Waals surface area (Å²) in [4.78, 5) is 17.5. The van der Waals surface area contributed by atoms with Gasteiger partial charge in [0.2, 0.25) is 5.95 Å². The zero-order chi connectivity index (χ0) is 13.8. The molecule has 1 aliphatic rings. The van der Waals surface area contributed by atoms with E-state index in [1.54, 1.807) is 18.5 Å². The second-order valence-electron chi connectivity index (χ2n) is 4.99. The van der Waals surface area contributed by atoms with E-state index < -0.39 is 0 Å². The van der Waals surface area contributed by atoms with E-state index in [1.165, 1.54) is 6.42 Å². The fraction of sp³-hybridized carbons (Fsp3) is 0.429. The zero-order valence-corrected chi connectivity index (χ0v) is 11.5. The average Bonchev–Trinajstić information content (AvgIpc) is 2.49. The Balaban J connectivity index is 1.82. The first-order valence-corrected chi connectivity index (χ1v) is 6.91. The number of hydrogen-bond donors (Lipinski definition) is 2. The number of nitrogens with zero attached hydrogens (tertiary/aromatic N) is 4. The molecule has 6 nitrogen and oxygen atoms in total. The molecule has 0 aliphatic carbocycles. The lowest BCUT2D eigenvalue weighted by Gasteiger charge is -2.22. The third-order valence-electron chi connectivity index (χ3n) is 3.34. The molecule has 1 atom stereocenters. The quantitative estimate of drug-likeness (QED) is 0.885. The molecule has 1 aliphatic heterocycles. The van der Waals surface area contributed by atoms with E-state index in [0.717, 1.165) is 36.8 Å². The van der Waals surface area contributed by atoms with Crippen LogP contribution in [0.15, 0.2) is 24.5 Å². The summed E-state index contributed by atoms with van der Waals surface area (Å²) in [6, 6.07) is 3.70. The highest BCUT2D eigenvalue weighted by Gasteiger charge is 2.18. The van der Waals surface area contributed by atoms with Crippen molar-refractivity contribution in [3.8, 4) is 0 Å². The van der Waals surface area contributed by atoms with Crippen molar-refractivity contribution >= 4 is 11.8 Å². The second-order valence-corrected chi connectivity index (χ2v) is 4.99. The number of rotatable bonds is 3. The van der Waals surface area contributed by atoms with Crippen LogP contribution in [0.25, 0.3) is 0 Å². The molecule has 3 heterocycles. The number of aromatic nitrogens is 4. The summed E-state index contributed by atoms with van der Waals surface area (Å²) in [5.41, 5.74) is 0.957. The normalized spacial score (nSPS) is 18.8. The first-order chi connectivity index (χ1) is 9.81. The summed E-state index contributed by atoms with van der Waals surface area (Å²) in [6.45, 7) is 4.02. The van der Waals surface area contributed by atoms with E-state index >= 15 is 0 Å². The Morgan fingerprint density at radius 2 is 2.10 bits per heavy atom. The molecule has 0 saturated carbocycles. The molecule has 2 N–H and O–H groups in total. The number of piperidine rings is 1. The van der Waals surface area contributed by atoms with Crippen LogP contribution in [-0.2, 0) is 0 Å². The molecule has 6 heteroatoms. The van der Waals surface area contributed by atoms with Crippen LogP contribution < -0.4 is 10.6 Å². The van der Waals surface area contributed by atoms with Gasteiger partial charge in [0.15, 0.2) is 0 Å². The molecule has 2 aromatic rings. The van der Waals surface area contributed by atoms with Gasteiger partial charge < -0.3 is 10.6 Å². The lowest BCUT2D eigenvalue weighted by atomic mass is 9.99. The number of nitrogens with one attached hydrogen (secondary N) is 2. The van der Waals surface area contributed by atoms with Crippen LogP contribution in [0.2, 0.25) is 0 Å². The van der Waals surface area contributed by atoms with Crippen molar-refractivity contribution in [2.24, 2.45) is 0 Å². The van der Waals surface area contributed by atoms with Crippen molar-refractivity contribution in [2.45, 2.75) is 25.7 Å². The smallest absolute Gasteiger partial charge is 0.228 e. The van der Waals surface area contributed by atoms with Crippen LogP contribution in [0.1, 0.15) is 30.3 Å². The van der Waals surface area contributed by atoms with Gasteiger partial charge in [-0.25, -0.2) is 19.9 Å². The van der Waals surface area contributed by atoms with Gasteiger partial charge in [0.1, 0.15) is 11.6 Å². The highest BCUT2D eigenvalue weighted by molar-refractivity contribution is 5.47. The molecular weight excluding hydrogens is 252 g/mol. The van der Waals surface area contributed by atoms with Gasteiger partial charge in [-0.15, -0.1) is 0 Å². The molecule has 0 amide bonds. The number of aryl methyl sites for hydroxylation is 1. The Morgan fingerprint density at radius 1 is 1.25 bits per heavy atom. The highest BCUT2D eigenvalue weighted by Crippen LogP contribution is 2.22. The molecule has 104 valence electrons. The van der Waals surface area contributed by atoms with Crippen LogP contribution in [0.3, 0.4) is 0 Å². The third kappa shape index (κ3) is 3.08. The molecular formula is C14H18N6. The SMILES string of the molecule is Cc1cc(Nc2ncccn2)nc(C2CCCNC2)n1. The standard InChI is InChI=1S/C14H18N6/c1-10-8-12(20-14-16-6-3-7-17-14)19-13(18-10)11-4-2-5-15-9-11/h3,6-8,11,15H,2,4-5,9H2,1H3,(H,16,17,18,19,20). The van der Waals surface area contributed by atoms with E-state index in [9.17, 15) is 0 Å². The van der Waals surface area contributed by atoms with Crippen molar-refractivity contribution in [1.82, 2.24) is 25.3 Å². The summed E-state index contributed by atoms with van der Waals surface area (Å²) in [7, 11) is 0. The lowest BCUT2D eigenvalue weighted by Crippen LogP contribution is -2.29. The molecule has 2 aromatic heterocycles. The molecule has 3 rings (SSSR count). The molecule has 0 aromatic carbocycles. The van der Waals surface area contributed by atoms with E-state index in [-0.39, 0.29) is 0 Å². The van der Waals surface area contributed by atoms with E-state index in [0.29, 0.717) is 11.9 Å². The van der Waals surface area contributed by atoms with Crippen molar-refractivity contribution in [3.05, 3.63) is 36.0 Å². The van der Waals surface area contributed by atoms with Crippen molar-refractivity contribution in [3.63, 3.8) is 0 Å². The topological polar surface area (TPSA) is 75.6 Å². The van der Waals surface area contributed by atoms with Gasteiger partial charge in [-0.05, 0) is 32.4 Å². The summed E-state index contributed by atoms with van der Waals surface area (Å²) in [5.74, 6) is 2.60. The molecule has 0 bridgehead atoms. The van der Waals surface area contributed by atoms with Gasteiger partial charge in [0.25, 0.3) is 0 Å². The summed E-state index contributed by atoms with van der Waals surface area (Å²) in [5, 5.41) is 6.53. The average molecular weight is 270 g/mol. The van der Waals surface area contributed by atoms with Crippen LogP contribution in [0.4, 0.5) is 11.8 Å². The maximum Gasteiger partial charge on any atom is 0.228 e. The predicted octanol–water partition coefficient (Wildman–Crippen LogP) is 1.79. The second kappa shape index (κ2) is 5.92. The fourth-order valence-corrected chi connectivity index (χ4v) is 2.39. The van der Waals surface area contributed by atoms with Gasteiger partial charge in [-0.3, -0.25) is 0 Å². The largest absolute Gasteiger partial charge is 0.316 e. The molecule has 0 spiro atoms. The maximum absolute atomic E-state index is 4.61. The molecule has 1 fully saturated rings. The van der Waals surface area contributed by atoms with Gasteiger partial charge >= 0.3 is 0 Å². The van der Waals surface area contributed by atoms with Crippen LogP contribution >= 0.6 is 0 Å². The van der Waals surface area contributed by atoms with Gasteiger partial charge in [-0.1, -0.05) is 0 Å². The number of anilines is 2. The Labute approximate surface area is 118 Å².